The summed E-state index contributed by atoms with van der Waals surface area (Å²) in [6, 6.07) is 21.0. The molecule has 5 nitrogen and oxygen atoms in total. The van der Waals surface area contributed by atoms with Gasteiger partial charge in [0.2, 0.25) is 0 Å². The number of nitrogens with one attached hydrogen (secondary N) is 2. The molecule has 25 heavy (non-hydrogen) atoms. The largest absolute Gasteiger partial charge is 0.378 e. The summed E-state index contributed by atoms with van der Waals surface area (Å²) in [5.41, 5.74) is 4.05. The number of anilines is 4. The lowest BCUT2D eigenvalue weighted by Crippen LogP contribution is -2.13. The van der Waals surface area contributed by atoms with E-state index in [0.717, 1.165) is 22.7 Å². The lowest BCUT2D eigenvalue weighted by molar-refractivity contribution is 0.102. The molecule has 0 atom stereocenters. The van der Waals surface area contributed by atoms with E-state index in [9.17, 15) is 4.79 Å². The fourth-order valence-electron chi connectivity index (χ4n) is 2.33. The second-order valence-electron chi connectivity index (χ2n) is 5.82. The number of nitrogens with zero attached hydrogens (tertiary/aromatic N) is 2. The van der Waals surface area contributed by atoms with Gasteiger partial charge in [-0.3, -0.25) is 4.79 Å². The molecule has 0 aliphatic heterocycles. The predicted molar refractivity (Wildman–Crippen MR) is 103 cm³/mol. The van der Waals surface area contributed by atoms with E-state index in [1.54, 1.807) is 12.3 Å². The summed E-state index contributed by atoms with van der Waals surface area (Å²) in [4.78, 5) is 18.5. The smallest absolute Gasteiger partial charge is 0.274 e. The third-order valence-corrected chi connectivity index (χ3v) is 3.70. The maximum absolute atomic E-state index is 12.2. The molecule has 0 aliphatic rings. The van der Waals surface area contributed by atoms with E-state index in [0.29, 0.717) is 5.69 Å². The van der Waals surface area contributed by atoms with Crippen LogP contribution in [0.4, 0.5) is 22.7 Å². The van der Waals surface area contributed by atoms with Gasteiger partial charge in [-0.1, -0.05) is 18.2 Å². The molecule has 0 spiro atoms. The zero-order valence-corrected chi connectivity index (χ0v) is 14.2. The minimum atomic E-state index is -0.229. The summed E-state index contributed by atoms with van der Waals surface area (Å²) in [7, 11) is 4.01. The highest BCUT2D eigenvalue weighted by Crippen LogP contribution is 2.20. The molecule has 0 radical (unpaired) electrons. The first-order chi connectivity index (χ1) is 12.1. The van der Waals surface area contributed by atoms with Crippen molar-refractivity contribution < 1.29 is 4.79 Å². The molecule has 1 aromatic heterocycles. The van der Waals surface area contributed by atoms with E-state index >= 15 is 0 Å². The molecule has 0 bridgehead atoms. The molecular weight excluding hydrogens is 312 g/mol. The minimum absolute atomic E-state index is 0.229. The first-order valence-corrected chi connectivity index (χ1v) is 7.99. The van der Waals surface area contributed by atoms with Gasteiger partial charge < -0.3 is 15.5 Å². The van der Waals surface area contributed by atoms with Crippen LogP contribution in [0.1, 0.15) is 10.5 Å². The Hall–Kier alpha value is -3.34. The van der Waals surface area contributed by atoms with Gasteiger partial charge in [-0.15, -0.1) is 0 Å². The Kier molecular flexibility index (Phi) is 4.95. The molecule has 1 amide bonds. The van der Waals surface area contributed by atoms with Gasteiger partial charge in [-0.2, -0.15) is 0 Å². The summed E-state index contributed by atoms with van der Waals surface area (Å²) in [5, 5.41) is 6.09. The van der Waals surface area contributed by atoms with Crippen molar-refractivity contribution in [2.45, 2.75) is 0 Å². The van der Waals surface area contributed by atoms with Crippen molar-refractivity contribution in [3.63, 3.8) is 0 Å². The molecule has 3 aromatic rings. The van der Waals surface area contributed by atoms with Gasteiger partial charge in [0.25, 0.3) is 5.91 Å². The van der Waals surface area contributed by atoms with E-state index in [2.05, 4.69) is 15.6 Å². The Labute approximate surface area is 147 Å². The number of hydrogen-bond donors (Lipinski definition) is 2. The third kappa shape index (κ3) is 4.35. The molecule has 1 heterocycles. The average molecular weight is 332 g/mol. The van der Waals surface area contributed by atoms with Gasteiger partial charge in [0, 0.05) is 31.2 Å². The first kappa shape index (κ1) is 16.5. The Balaban J connectivity index is 1.64. The van der Waals surface area contributed by atoms with E-state index in [-0.39, 0.29) is 5.91 Å². The van der Waals surface area contributed by atoms with Crippen molar-refractivity contribution in [2.24, 2.45) is 0 Å². The fraction of sp³-hybridized carbons (Fsp3) is 0.100. The van der Waals surface area contributed by atoms with Crippen molar-refractivity contribution >= 4 is 28.7 Å². The van der Waals surface area contributed by atoms with E-state index in [1.807, 2.05) is 79.7 Å². The highest BCUT2D eigenvalue weighted by atomic mass is 16.1. The van der Waals surface area contributed by atoms with Crippen LogP contribution in [0, 0.1) is 0 Å². The standard InChI is InChI=1S/C20H20N4O/c1-24(2)18-11-8-16(9-12-18)22-17-10-13-19(21-14-17)20(25)23-15-6-4-3-5-7-15/h3-14,22H,1-2H3,(H,23,25). The third-order valence-electron chi connectivity index (χ3n) is 3.70. The summed E-state index contributed by atoms with van der Waals surface area (Å²) in [6.07, 6.45) is 1.65. The molecule has 2 aromatic carbocycles. The van der Waals surface area contributed by atoms with Crippen LogP contribution in [0.5, 0.6) is 0 Å². The number of para-hydroxylation sites is 1. The molecule has 3 rings (SSSR count). The molecule has 0 unspecified atom stereocenters. The number of aromatic nitrogens is 1. The van der Waals surface area contributed by atoms with Gasteiger partial charge in [0.1, 0.15) is 5.69 Å². The highest BCUT2D eigenvalue weighted by molar-refractivity contribution is 6.02. The number of carbonyl (C=O) groups is 1. The number of rotatable bonds is 5. The van der Waals surface area contributed by atoms with Crippen LogP contribution in [0.2, 0.25) is 0 Å². The number of amides is 1. The van der Waals surface area contributed by atoms with Crippen LogP contribution >= 0.6 is 0 Å². The minimum Gasteiger partial charge on any atom is -0.378 e. The molecule has 0 aliphatic carbocycles. The zero-order chi connectivity index (χ0) is 17.6. The summed E-state index contributed by atoms with van der Waals surface area (Å²) in [6.45, 7) is 0. The normalized spacial score (nSPS) is 10.2. The van der Waals surface area contributed by atoms with Gasteiger partial charge in [-0.05, 0) is 48.5 Å². The summed E-state index contributed by atoms with van der Waals surface area (Å²) >= 11 is 0. The lowest BCUT2D eigenvalue weighted by Gasteiger charge is -2.13. The van der Waals surface area contributed by atoms with Crippen molar-refractivity contribution in [1.82, 2.24) is 4.98 Å². The van der Waals surface area contributed by atoms with E-state index in [4.69, 9.17) is 0 Å². The van der Waals surface area contributed by atoms with Gasteiger partial charge in [-0.25, -0.2) is 4.98 Å². The topological polar surface area (TPSA) is 57.3 Å². The molecule has 2 N–H and O–H groups in total. The summed E-state index contributed by atoms with van der Waals surface area (Å²) in [5.74, 6) is -0.229. The van der Waals surface area contributed by atoms with Crippen LogP contribution in [0.15, 0.2) is 72.9 Å². The predicted octanol–water partition coefficient (Wildman–Crippen LogP) is 4.14. The average Bonchev–Trinajstić information content (AvgIpc) is 2.63. The Bertz CT molecular complexity index is 828. The lowest BCUT2D eigenvalue weighted by atomic mass is 10.2. The van der Waals surface area contributed by atoms with Gasteiger partial charge >= 0.3 is 0 Å². The van der Waals surface area contributed by atoms with Crippen LogP contribution < -0.4 is 15.5 Å². The maximum Gasteiger partial charge on any atom is 0.274 e. The molecule has 0 saturated heterocycles. The molecule has 5 heteroatoms. The van der Waals surface area contributed by atoms with Crippen LogP contribution in [0.25, 0.3) is 0 Å². The highest BCUT2D eigenvalue weighted by Gasteiger charge is 2.07. The van der Waals surface area contributed by atoms with E-state index in [1.165, 1.54) is 0 Å². The number of benzene rings is 2. The molecule has 126 valence electrons. The second kappa shape index (κ2) is 7.49. The Morgan fingerprint density at radius 2 is 1.52 bits per heavy atom. The fourth-order valence-corrected chi connectivity index (χ4v) is 2.33. The summed E-state index contributed by atoms with van der Waals surface area (Å²) < 4.78 is 0. The van der Waals surface area contributed by atoms with E-state index < -0.39 is 0 Å². The van der Waals surface area contributed by atoms with Crippen molar-refractivity contribution in [1.29, 1.82) is 0 Å². The van der Waals surface area contributed by atoms with Crippen LogP contribution in [-0.4, -0.2) is 25.0 Å². The van der Waals surface area contributed by atoms with Gasteiger partial charge in [0.05, 0.1) is 11.9 Å². The molecule has 0 fully saturated rings. The second-order valence-corrected chi connectivity index (χ2v) is 5.82. The van der Waals surface area contributed by atoms with Crippen molar-refractivity contribution in [3.05, 3.63) is 78.6 Å². The van der Waals surface area contributed by atoms with Crippen molar-refractivity contribution in [3.8, 4) is 0 Å². The Morgan fingerprint density at radius 1 is 0.840 bits per heavy atom. The quantitative estimate of drug-likeness (QED) is 0.737. The molecular formula is C20H20N4O. The zero-order valence-electron chi connectivity index (χ0n) is 14.2. The SMILES string of the molecule is CN(C)c1ccc(Nc2ccc(C(=O)Nc3ccccc3)nc2)cc1. The van der Waals surface area contributed by atoms with Gasteiger partial charge in [0.15, 0.2) is 0 Å². The van der Waals surface area contributed by atoms with Crippen LogP contribution in [0.3, 0.4) is 0 Å². The number of carbonyl (C=O) groups excluding carboxylic acids is 1. The monoisotopic (exact) mass is 332 g/mol. The first-order valence-electron chi connectivity index (χ1n) is 7.99. The number of hydrogen-bond acceptors (Lipinski definition) is 4. The molecule has 0 saturated carbocycles. The van der Waals surface area contributed by atoms with Crippen molar-refractivity contribution in [2.75, 3.05) is 29.6 Å². The van der Waals surface area contributed by atoms with Crippen LogP contribution in [-0.2, 0) is 0 Å². The Morgan fingerprint density at radius 3 is 2.12 bits per heavy atom. The maximum atomic E-state index is 12.2. The number of pyridine rings is 1.